The molecular weight excluding hydrogens is 432 g/mol. The van der Waals surface area contributed by atoms with Gasteiger partial charge in [0.2, 0.25) is 0 Å². The second-order valence-electron chi connectivity index (χ2n) is 3.99. The van der Waals surface area contributed by atoms with E-state index in [0.29, 0.717) is 17.5 Å². The zero-order valence-corrected chi connectivity index (χ0v) is 14.6. The minimum atomic E-state index is -4.41. The van der Waals surface area contributed by atoms with Gasteiger partial charge in [-0.15, -0.1) is 35.3 Å². The zero-order chi connectivity index (χ0) is 15.3. The Kier molecular flexibility index (Phi) is 7.06. The van der Waals surface area contributed by atoms with Crippen LogP contribution in [0.2, 0.25) is 0 Å². The van der Waals surface area contributed by atoms with Crippen LogP contribution in [0.4, 0.5) is 13.2 Å². The Labute approximate surface area is 145 Å². The predicted molar refractivity (Wildman–Crippen MR) is 88.2 cm³/mol. The number of hydrogen-bond acceptors (Lipinski definition) is 4. The van der Waals surface area contributed by atoms with E-state index in [1.165, 1.54) is 0 Å². The van der Waals surface area contributed by atoms with Crippen LogP contribution in [0.15, 0.2) is 22.6 Å². The number of aromatic nitrogens is 3. The summed E-state index contributed by atoms with van der Waals surface area (Å²) in [6.45, 7) is 0.648. The molecule has 0 atom stereocenters. The van der Waals surface area contributed by atoms with Gasteiger partial charge in [0.25, 0.3) is 0 Å². The summed E-state index contributed by atoms with van der Waals surface area (Å²) >= 11 is 0.952. The highest BCUT2D eigenvalue weighted by atomic mass is 127. The molecule has 0 aliphatic heterocycles. The molecule has 2 aromatic rings. The lowest BCUT2D eigenvalue weighted by Gasteiger charge is -2.09. The van der Waals surface area contributed by atoms with Crippen LogP contribution in [0.1, 0.15) is 16.4 Å². The van der Waals surface area contributed by atoms with Crippen molar-refractivity contribution >= 4 is 41.3 Å². The van der Waals surface area contributed by atoms with Crippen LogP contribution in [-0.2, 0) is 19.3 Å². The maximum absolute atomic E-state index is 12.4. The second kappa shape index (κ2) is 8.31. The lowest BCUT2D eigenvalue weighted by Crippen LogP contribution is -2.36. The lowest BCUT2D eigenvalue weighted by atomic mass is 10.4. The van der Waals surface area contributed by atoms with Crippen molar-refractivity contribution in [3.05, 3.63) is 34.0 Å². The number of thiazole rings is 1. The molecule has 0 saturated heterocycles. The third-order valence-electron chi connectivity index (χ3n) is 2.48. The van der Waals surface area contributed by atoms with Gasteiger partial charge in [-0.2, -0.15) is 18.3 Å². The maximum Gasteiger partial charge on any atom is 0.434 e. The highest BCUT2D eigenvalue weighted by molar-refractivity contribution is 14.0. The third kappa shape index (κ3) is 5.44. The Hall–Kier alpha value is -1.37. The molecule has 0 bridgehead atoms. The molecule has 22 heavy (non-hydrogen) atoms. The van der Waals surface area contributed by atoms with E-state index >= 15 is 0 Å². The number of hydrogen-bond donors (Lipinski definition) is 3. The van der Waals surface area contributed by atoms with Crippen molar-refractivity contribution in [1.82, 2.24) is 25.8 Å². The van der Waals surface area contributed by atoms with E-state index in [-0.39, 0.29) is 30.5 Å². The molecule has 0 aliphatic rings. The van der Waals surface area contributed by atoms with Crippen molar-refractivity contribution in [2.24, 2.45) is 4.99 Å². The Morgan fingerprint density at radius 1 is 1.36 bits per heavy atom. The molecule has 122 valence electrons. The fourth-order valence-corrected chi connectivity index (χ4v) is 2.20. The molecule has 2 heterocycles. The zero-order valence-electron chi connectivity index (χ0n) is 11.4. The summed E-state index contributed by atoms with van der Waals surface area (Å²) in [5.74, 6) is 0.466. The van der Waals surface area contributed by atoms with Gasteiger partial charge < -0.3 is 10.6 Å². The number of nitrogens with zero attached hydrogens (tertiary/aromatic N) is 3. The molecule has 0 amide bonds. The van der Waals surface area contributed by atoms with E-state index in [4.69, 9.17) is 0 Å². The molecule has 3 N–H and O–H groups in total. The van der Waals surface area contributed by atoms with E-state index in [1.807, 2.05) is 0 Å². The molecule has 0 spiro atoms. The summed E-state index contributed by atoms with van der Waals surface area (Å²) in [5, 5.41) is 13.8. The van der Waals surface area contributed by atoms with Crippen molar-refractivity contribution in [2.75, 3.05) is 7.05 Å². The van der Waals surface area contributed by atoms with E-state index < -0.39 is 11.9 Å². The standard InChI is InChI=1S/C11H13F3N6S.HI/c1-15-10(16-4-7-2-3-18-20-7)17-5-9-19-8(6-21-9)11(12,13)14;/h2-3,6H,4-5H2,1H3,(H,18,20)(H2,15,16,17);1H. The Morgan fingerprint density at radius 3 is 2.64 bits per heavy atom. The third-order valence-corrected chi connectivity index (χ3v) is 3.33. The van der Waals surface area contributed by atoms with Crippen molar-refractivity contribution in [2.45, 2.75) is 19.3 Å². The first-order valence-electron chi connectivity index (χ1n) is 5.93. The molecule has 6 nitrogen and oxygen atoms in total. The molecule has 0 aromatic carbocycles. The summed E-state index contributed by atoms with van der Waals surface area (Å²) in [7, 11) is 1.57. The van der Waals surface area contributed by atoms with Crippen molar-refractivity contribution in [3.63, 3.8) is 0 Å². The van der Waals surface area contributed by atoms with Crippen LogP contribution < -0.4 is 10.6 Å². The van der Waals surface area contributed by atoms with Crippen LogP contribution in [-0.4, -0.2) is 28.2 Å². The van der Waals surface area contributed by atoms with Crippen molar-refractivity contribution in [3.8, 4) is 0 Å². The number of H-pyrrole nitrogens is 1. The second-order valence-corrected chi connectivity index (χ2v) is 4.93. The fourth-order valence-electron chi connectivity index (χ4n) is 1.46. The largest absolute Gasteiger partial charge is 0.434 e. The molecule has 0 aliphatic carbocycles. The van der Waals surface area contributed by atoms with Crippen LogP contribution in [0.25, 0.3) is 0 Å². The first-order chi connectivity index (χ1) is 9.99. The number of guanidine groups is 1. The highest BCUT2D eigenvalue weighted by Crippen LogP contribution is 2.29. The van der Waals surface area contributed by atoms with Gasteiger partial charge in [0.05, 0.1) is 18.8 Å². The van der Waals surface area contributed by atoms with Crippen LogP contribution >= 0.6 is 35.3 Å². The minimum absolute atomic E-state index is 0. The molecule has 0 radical (unpaired) electrons. The van der Waals surface area contributed by atoms with Gasteiger partial charge in [-0.1, -0.05) is 0 Å². The fraction of sp³-hybridized carbons (Fsp3) is 0.364. The number of aliphatic imine (C=N–C) groups is 1. The number of rotatable bonds is 4. The summed E-state index contributed by atoms with van der Waals surface area (Å²) < 4.78 is 37.3. The Balaban J connectivity index is 0.00000242. The molecule has 0 fully saturated rings. The minimum Gasteiger partial charge on any atom is -0.351 e. The Bertz CT molecular complexity index is 595. The van der Waals surface area contributed by atoms with Gasteiger partial charge >= 0.3 is 6.18 Å². The summed E-state index contributed by atoms with van der Waals surface area (Å²) in [5.41, 5.74) is -0.00346. The topological polar surface area (TPSA) is 78.0 Å². The van der Waals surface area contributed by atoms with Gasteiger partial charge in [0.15, 0.2) is 11.7 Å². The summed E-state index contributed by atoms with van der Waals surface area (Å²) in [6, 6.07) is 1.80. The quantitative estimate of drug-likeness (QED) is 0.383. The van der Waals surface area contributed by atoms with E-state index in [9.17, 15) is 13.2 Å². The molecule has 2 aromatic heterocycles. The number of aromatic amines is 1. The molecule has 2 rings (SSSR count). The molecule has 11 heteroatoms. The van der Waals surface area contributed by atoms with Crippen molar-refractivity contribution < 1.29 is 13.2 Å². The monoisotopic (exact) mass is 446 g/mol. The number of halogens is 4. The normalized spacial score (nSPS) is 11.9. The van der Waals surface area contributed by atoms with Crippen molar-refractivity contribution in [1.29, 1.82) is 0 Å². The smallest absolute Gasteiger partial charge is 0.351 e. The highest BCUT2D eigenvalue weighted by Gasteiger charge is 2.33. The van der Waals surface area contributed by atoms with Gasteiger partial charge in [-0.3, -0.25) is 10.1 Å². The average Bonchev–Trinajstić information content (AvgIpc) is 3.09. The van der Waals surface area contributed by atoms with E-state index in [0.717, 1.165) is 22.4 Å². The lowest BCUT2D eigenvalue weighted by molar-refractivity contribution is -0.140. The van der Waals surface area contributed by atoms with Crippen LogP contribution in [0, 0.1) is 0 Å². The summed E-state index contributed by atoms with van der Waals surface area (Å²) in [6.07, 6.45) is -2.78. The average molecular weight is 446 g/mol. The predicted octanol–water partition coefficient (Wildman–Crippen LogP) is 2.37. The van der Waals surface area contributed by atoms with E-state index in [2.05, 4.69) is 30.8 Å². The van der Waals surface area contributed by atoms with Gasteiger partial charge in [-0.25, -0.2) is 4.98 Å². The molecular formula is C11H14F3IN6S. The van der Waals surface area contributed by atoms with Gasteiger partial charge in [0, 0.05) is 18.6 Å². The SMILES string of the molecule is CN=C(NCc1ccn[nH]1)NCc1nc(C(F)(F)F)cs1.I. The molecule has 0 unspecified atom stereocenters. The van der Waals surface area contributed by atoms with Crippen LogP contribution in [0.5, 0.6) is 0 Å². The maximum atomic E-state index is 12.4. The Morgan fingerprint density at radius 2 is 2.09 bits per heavy atom. The molecule has 0 saturated carbocycles. The number of alkyl halides is 3. The first-order valence-corrected chi connectivity index (χ1v) is 6.81. The van der Waals surface area contributed by atoms with Crippen LogP contribution in [0.3, 0.4) is 0 Å². The number of nitrogens with one attached hydrogen (secondary N) is 3. The van der Waals surface area contributed by atoms with E-state index in [1.54, 1.807) is 19.3 Å². The summed E-state index contributed by atoms with van der Waals surface area (Å²) in [4.78, 5) is 7.50. The van der Waals surface area contributed by atoms with Gasteiger partial charge in [-0.05, 0) is 6.07 Å². The van der Waals surface area contributed by atoms with Gasteiger partial charge in [0.1, 0.15) is 5.01 Å². The first kappa shape index (κ1) is 18.7.